The molecule has 1 atom stereocenters. The van der Waals surface area contributed by atoms with Crippen molar-refractivity contribution < 1.29 is 23.9 Å². The molecule has 0 saturated carbocycles. The van der Waals surface area contributed by atoms with Crippen molar-refractivity contribution in [2.75, 3.05) is 19.0 Å². The van der Waals surface area contributed by atoms with Crippen molar-refractivity contribution in [3.05, 3.63) is 65.7 Å². The molecule has 6 nitrogen and oxygen atoms in total. The van der Waals surface area contributed by atoms with Crippen LogP contribution in [0.1, 0.15) is 35.2 Å². The molecular formula is C20H21NO5. The smallest absolute Gasteiger partial charge is 0.337 e. The molecule has 26 heavy (non-hydrogen) atoms. The van der Waals surface area contributed by atoms with Crippen LogP contribution in [0.25, 0.3) is 0 Å². The van der Waals surface area contributed by atoms with Gasteiger partial charge in [0.05, 0.1) is 18.6 Å². The minimum atomic E-state index is -0.455. The number of benzene rings is 2. The van der Waals surface area contributed by atoms with Crippen LogP contribution in [0.2, 0.25) is 0 Å². The van der Waals surface area contributed by atoms with Crippen LogP contribution in [-0.4, -0.2) is 31.6 Å². The molecule has 0 unspecified atom stereocenters. The Morgan fingerprint density at radius 1 is 1.00 bits per heavy atom. The SMILES string of the molecule is CC[C@H](C(=O)OCC(=O)Nc1ccc(C(=O)OC)cc1)c1ccccc1. The lowest BCUT2D eigenvalue weighted by atomic mass is 9.97. The van der Waals surface area contributed by atoms with Gasteiger partial charge >= 0.3 is 11.9 Å². The predicted molar refractivity (Wildman–Crippen MR) is 96.8 cm³/mol. The molecule has 0 heterocycles. The van der Waals surface area contributed by atoms with E-state index in [1.54, 1.807) is 12.1 Å². The topological polar surface area (TPSA) is 81.7 Å². The molecular weight excluding hydrogens is 334 g/mol. The lowest BCUT2D eigenvalue weighted by Gasteiger charge is -2.14. The van der Waals surface area contributed by atoms with Gasteiger partial charge in [-0.1, -0.05) is 37.3 Å². The summed E-state index contributed by atoms with van der Waals surface area (Å²) in [7, 11) is 1.30. The van der Waals surface area contributed by atoms with E-state index in [-0.39, 0.29) is 6.61 Å². The van der Waals surface area contributed by atoms with E-state index in [1.165, 1.54) is 19.2 Å². The number of hydrogen-bond donors (Lipinski definition) is 1. The quantitative estimate of drug-likeness (QED) is 0.772. The lowest BCUT2D eigenvalue weighted by molar-refractivity contribution is -0.149. The molecule has 0 radical (unpaired) electrons. The van der Waals surface area contributed by atoms with Crippen LogP contribution in [0.5, 0.6) is 0 Å². The zero-order chi connectivity index (χ0) is 18.9. The molecule has 2 aromatic carbocycles. The molecule has 0 saturated heterocycles. The lowest BCUT2D eigenvalue weighted by Crippen LogP contribution is -2.23. The molecule has 0 aliphatic heterocycles. The van der Waals surface area contributed by atoms with Crippen LogP contribution in [0.3, 0.4) is 0 Å². The van der Waals surface area contributed by atoms with E-state index in [4.69, 9.17) is 4.74 Å². The van der Waals surface area contributed by atoms with Crippen LogP contribution in [0.4, 0.5) is 5.69 Å². The predicted octanol–water partition coefficient (Wildman–Crippen LogP) is 3.15. The number of ether oxygens (including phenoxy) is 2. The number of carbonyl (C=O) groups is 3. The number of anilines is 1. The third kappa shape index (κ3) is 5.17. The second-order valence-corrected chi connectivity index (χ2v) is 5.60. The Hall–Kier alpha value is -3.15. The molecule has 0 bridgehead atoms. The highest BCUT2D eigenvalue weighted by Crippen LogP contribution is 2.20. The molecule has 0 fully saturated rings. The highest BCUT2D eigenvalue weighted by molar-refractivity contribution is 5.94. The Balaban J connectivity index is 1.87. The Kier molecular flexibility index (Phi) is 6.91. The van der Waals surface area contributed by atoms with E-state index >= 15 is 0 Å². The first-order valence-corrected chi connectivity index (χ1v) is 8.25. The van der Waals surface area contributed by atoms with Crippen molar-refractivity contribution in [2.24, 2.45) is 0 Å². The zero-order valence-electron chi connectivity index (χ0n) is 14.7. The van der Waals surface area contributed by atoms with Gasteiger partial charge < -0.3 is 14.8 Å². The Bertz CT molecular complexity index is 756. The summed E-state index contributed by atoms with van der Waals surface area (Å²) < 4.78 is 9.75. The third-order valence-corrected chi connectivity index (χ3v) is 3.83. The first-order valence-electron chi connectivity index (χ1n) is 8.25. The van der Waals surface area contributed by atoms with Crippen molar-refractivity contribution in [2.45, 2.75) is 19.3 Å². The molecule has 2 rings (SSSR count). The van der Waals surface area contributed by atoms with Gasteiger partial charge in [-0.15, -0.1) is 0 Å². The fourth-order valence-corrected chi connectivity index (χ4v) is 2.47. The highest BCUT2D eigenvalue weighted by atomic mass is 16.5. The number of nitrogens with one attached hydrogen (secondary N) is 1. The number of hydrogen-bond acceptors (Lipinski definition) is 5. The first kappa shape index (κ1) is 19.2. The van der Waals surface area contributed by atoms with E-state index in [9.17, 15) is 14.4 Å². The average Bonchev–Trinajstić information content (AvgIpc) is 2.68. The van der Waals surface area contributed by atoms with Crippen LogP contribution in [0.15, 0.2) is 54.6 Å². The van der Waals surface area contributed by atoms with Crippen molar-refractivity contribution in [3.8, 4) is 0 Å². The summed E-state index contributed by atoms with van der Waals surface area (Å²) in [5.74, 6) is -1.74. The largest absolute Gasteiger partial charge is 0.465 e. The second kappa shape index (κ2) is 9.36. The van der Waals surface area contributed by atoms with Gasteiger partial charge in [0.25, 0.3) is 5.91 Å². The van der Waals surface area contributed by atoms with Gasteiger partial charge in [0, 0.05) is 5.69 Å². The summed E-state index contributed by atoms with van der Waals surface area (Å²) in [6.45, 7) is 1.52. The van der Waals surface area contributed by atoms with E-state index in [0.29, 0.717) is 17.7 Å². The van der Waals surface area contributed by atoms with Gasteiger partial charge in [-0.25, -0.2) is 4.79 Å². The van der Waals surface area contributed by atoms with Crippen LogP contribution >= 0.6 is 0 Å². The number of amides is 1. The highest BCUT2D eigenvalue weighted by Gasteiger charge is 2.21. The summed E-state index contributed by atoms with van der Waals surface area (Å²) in [5.41, 5.74) is 1.73. The molecule has 0 aliphatic rings. The Morgan fingerprint density at radius 2 is 1.65 bits per heavy atom. The zero-order valence-corrected chi connectivity index (χ0v) is 14.7. The monoisotopic (exact) mass is 355 g/mol. The maximum Gasteiger partial charge on any atom is 0.337 e. The molecule has 2 aromatic rings. The maximum atomic E-state index is 12.2. The molecule has 1 N–H and O–H groups in total. The molecule has 1 amide bonds. The number of methoxy groups -OCH3 is 1. The average molecular weight is 355 g/mol. The van der Waals surface area contributed by atoms with Crippen molar-refractivity contribution in [1.82, 2.24) is 0 Å². The van der Waals surface area contributed by atoms with Crippen molar-refractivity contribution >= 4 is 23.5 Å². The van der Waals surface area contributed by atoms with Gasteiger partial charge in [-0.2, -0.15) is 0 Å². The Labute approximate surface area is 152 Å². The standard InChI is InChI=1S/C20H21NO5/c1-3-17(14-7-5-4-6-8-14)20(24)26-13-18(22)21-16-11-9-15(10-12-16)19(23)25-2/h4-12,17H,3,13H2,1-2H3,(H,21,22)/t17-/m0/s1. The molecule has 136 valence electrons. The van der Waals surface area contributed by atoms with Gasteiger partial charge in [-0.05, 0) is 36.2 Å². The number of esters is 2. The van der Waals surface area contributed by atoms with Crippen LogP contribution in [0, 0.1) is 0 Å². The summed E-state index contributed by atoms with van der Waals surface area (Å²) in [4.78, 5) is 35.6. The minimum Gasteiger partial charge on any atom is -0.465 e. The second-order valence-electron chi connectivity index (χ2n) is 5.60. The normalized spacial score (nSPS) is 11.3. The van der Waals surface area contributed by atoms with Gasteiger partial charge in [0.1, 0.15) is 0 Å². The third-order valence-electron chi connectivity index (χ3n) is 3.83. The summed E-state index contributed by atoms with van der Waals surface area (Å²) >= 11 is 0. The minimum absolute atomic E-state index is 0.374. The van der Waals surface area contributed by atoms with Crippen LogP contribution in [-0.2, 0) is 19.1 Å². The van der Waals surface area contributed by atoms with Gasteiger partial charge in [-0.3, -0.25) is 9.59 Å². The van der Waals surface area contributed by atoms with Crippen molar-refractivity contribution in [3.63, 3.8) is 0 Å². The van der Waals surface area contributed by atoms with E-state index in [0.717, 1.165) is 5.56 Å². The molecule has 0 spiro atoms. The molecule has 0 aliphatic carbocycles. The van der Waals surface area contributed by atoms with Crippen molar-refractivity contribution in [1.29, 1.82) is 0 Å². The van der Waals surface area contributed by atoms with Crippen LogP contribution < -0.4 is 5.32 Å². The molecule has 6 heteroatoms. The summed E-state index contributed by atoms with van der Waals surface area (Å²) in [5, 5.41) is 2.61. The summed E-state index contributed by atoms with van der Waals surface area (Å²) in [6, 6.07) is 15.5. The van der Waals surface area contributed by atoms with E-state index in [2.05, 4.69) is 10.1 Å². The van der Waals surface area contributed by atoms with Gasteiger partial charge in [0.15, 0.2) is 6.61 Å². The first-order chi connectivity index (χ1) is 12.5. The fraction of sp³-hybridized carbons (Fsp3) is 0.250. The Morgan fingerprint density at radius 3 is 2.23 bits per heavy atom. The fourth-order valence-electron chi connectivity index (χ4n) is 2.47. The number of carbonyl (C=O) groups excluding carboxylic acids is 3. The van der Waals surface area contributed by atoms with E-state index < -0.39 is 23.8 Å². The van der Waals surface area contributed by atoms with E-state index in [1.807, 2.05) is 37.3 Å². The van der Waals surface area contributed by atoms with Gasteiger partial charge in [0.2, 0.25) is 0 Å². The maximum absolute atomic E-state index is 12.2. The summed E-state index contributed by atoms with van der Waals surface area (Å²) in [6.07, 6.45) is 0.583. The number of rotatable bonds is 7. The molecule has 0 aromatic heterocycles.